The van der Waals surface area contributed by atoms with Gasteiger partial charge in [-0.1, -0.05) is 17.7 Å². The predicted molar refractivity (Wildman–Crippen MR) is 47.8 cm³/mol. The van der Waals surface area contributed by atoms with Crippen LogP contribution in [0.5, 0.6) is 0 Å². The Hall–Kier alpha value is -1.09. The fraction of sp³-hybridized carbons (Fsp3) is 0.333. The van der Waals surface area contributed by atoms with E-state index < -0.39 is 11.4 Å². The lowest BCUT2D eigenvalue weighted by molar-refractivity contribution is -0.140. The maximum absolute atomic E-state index is 10.9. The maximum Gasteiger partial charge on any atom is 0.314 e. The Morgan fingerprint density at radius 1 is 1.62 bits per heavy atom. The maximum atomic E-state index is 10.9. The van der Waals surface area contributed by atoms with Gasteiger partial charge in [-0.15, -0.1) is 0 Å². The van der Waals surface area contributed by atoms with Gasteiger partial charge >= 0.3 is 5.97 Å². The van der Waals surface area contributed by atoms with E-state index in [0.717, 1.165) is 0 Å². The van der Waals surface area contributed by atoms with Crippen LogP contribution >= 0.6 is 11.6 Å². The number of rotatable bonds is 2. The van der Waals surface area contributed by atoms with Crippen molar-refractivity contribution in [3.8, 4) is 0 Å². The van der Waals surface area contributed by atoms with E-state index in [9.17, 15) is 4.79 Å². The van der Waals surface area contributed by atoms with Crippen molar-refractivity contribution in [3.63, 3.8) is 0 Å². The molecule has 0 amide bonds. The van der Waals surface area contributed by atoms with Crippen LogP contribution in [-0.4, -0.2) is 16.1 Å². The molecule has 0 bridgehead atoms. The lowest BCUT2D eigenvalue weighted by Crippen LogP contribution is -2.20. The standard InChI is InChI=1S/C9H8ClNO2/c10-7-6(2-1-5-11-7)9(3-4-9)8(12)13/h1-2,5H,3-4H2,(H,12,13). The molecular formula is C9H8ClNO2. The molecule has 1 aromatic heterocycles. The van der Waals surface area contributed by atoms with Gasteiger partial charge in [0.2, 0.25) is 0 Å². The van der Waals surface area contributed by atoms with Crippen LogP contribution in [0.2, 0.25) is 5.15 Å². The van der Waals surface area contributed by atoms with Gasteiger partial charge in [0.05, 0.1) is 5.41 Å². The van der Waals surface area contributed by atoms with E-state index in [1.165, 1.54) is 0 Å². The average Bonchev–Trinajstić information content (AvgIpc) is 2.85. The Kier molecular flexibility index (Phi) is 1.77. The highest BCUT2D eigenvalue weighted by molar-refractivity contribution is 6.30. The van der Waals surface area contributed by atoms with Crippen molar-refractivity contribution in [2.45, 2.75) is 18.3 Å². The zero-order chi connectivity index (χ0) is 9.47. The molecule has 13 heavy (non-hydrogen) atoms. The number of halogens is 1. The quantitative estimate of drug-likeness (QED) is 0.737. The summed E-state index contributed by atoms with van der Waals surface area (Å²) in [5.41, 5.74) is -0.102. The minimum Gasteiger partial charge on any atom is -0.481 e. The highest BCUT2D eigenvalue weighted by Crippen LogP contribution is 2.50. The monoisotopic (exact) mass is 197 g/mol. The smallest absolute Gasteiger partial charge is 0.314 e. The number of pyridine rings is 1. The zero-order valence-corrected chi connectivity index (χ0v) is 7.58. The van der Waals surface area contributed by atoms with Crippen LogP contribution in [0.1, 0.15) is 18.4 Å². The van der Waals surface area contributed by atoms with Crippen molar-refractivity contribution in [2.75, 3.05) is 0 Å². The van der Waals surface area contributed by atoms with E-state index in [-0.39, 0.29) is 0 Å². The molecule has 1 N–H and O–H groups in total. The fourth-order valence-electron chi connectivity index (χ4n) is 1.47. The number of nitrogens with zero attached hydrogens (tertiary/aromatic N) is 1. The van der Waals surface area contributed by atoms with Crippen molar-refractivity contribution in [3.05, 3.63) is 29.0 Å². The van der Waals surface area contributed by atoms with Gasteiger partial charge in [0.25, 0.3) is 0 Å². The van der Waals surface area contributed by atoms with Crippen LogP contribution in [0.4, 0.5) is 0 Å². The molecule has 0 spiro atoms. The summed E-state index contributed by atoms with van der Waals surface area (Å²) in [6, 6.07) is 3.45. The molecule has 0 radical (unpaired) electrons. The SMILES string of the molecule is O=C(O)C1(c2cccnc2Cl)CC1. The molecule has 1 aliphatic carbocycles. The Balaban J connectivity index is 2.47. The molecule has 0 aromatic carbocycles. The van der Waals surface area contributed by atoms with Crippen molar-refractivity contribution >= 4 is 17.6 Å². The molecule has 1 aromatic rings. The van der Waals surface area contributed by atoms with Crippen LogP contribution < -0.4 is 0 Å². The molecule has 3 nitrogen and oxygen atoms in total. The summed E-state index contributed by atoms with van der Waals surface area (Å²) in [7, 11) is 0. The summed E-state index contributed by atoms with van der Waals surface area (Å²) in [5.74, 6) is -0.803. The highest BCUT2D eigenvalue weighted by Gasteiger charge is 2.53. The number of carboxylic acids is 1. The largest absolute Gasteiger partial charge is 0.481 e. The van der Waals surface area contributed by atoms with Crippen LogP contribution in [0.3, 0.4) is 0 Å². The van der Waals surface area contributed by atoms with E-state index in [1.54, 1.807) is 18.3 Å². The molecule has 0 aliphatic heterocycles. The first kappa shape index (κ1) is 8.51. The van der Waals surface area contributed by atoms with E-state index in [4.69, 9.17) is 16.7 Å². The first-order chi connectivity index (χ1) is 6.17. The van der Waals surface area contributed by atoms with Crippen molar-refractivity contribution in [1.29, 1.82) is 0 Å². The summed E-state index contributed by atoms with van der Waals surface area (Å²) < 4.78 is 0. The zero-order valence-electron chi connectivity index (χ0n) is 6.83. The van der Waals surface area contributed by atoms with E-state index >= 15 is 0 Å². The van der Waals surface area contributed by atoms with Gasteiger partial charge in [-0.3, -0.25) is 4.79 Å². The molecule has 0 unspecified atom stereocenters. The predicted octanol–water partition coefficient (Wildman–Crippen LogP) is 1.85. The summed E-state index contributed by atoms with van der Waals surface area (Å²) in [6.07, 6.45) is 2.88. The number of aromatic nitrogens is 1. The highest BCUT2D eigenvalue weighted by atomic mass is 35.5. The van der Waals surface area contributed by atoms with Gasteiger partial charge in [0, 0.05) is 11.8 Å². The van der Waals surface area contributed by atoms with Gasteiger partial charge in [0.15, 0.2) is 0 Å². The third-order valence-corrected chi connectivity index (χ3v) is 2.74. The van der Waals surface area contributed by atoms with E-state index in [2.05, 4.69) is 4.98 Å². The lowest BCUT2D eigenvalue weighted by atomic mass is 9.98. The van der Waals surface area contributed by atoms with Gasteiger partial charge in [-0.25, -0.2) is 4.98 Å². The van der Waals surface area contributed by atoms with Crippen LogP contribution in [0.25, 0.3) is 0 Å². The third-order valence-electron chi connectivity index (χ3n) is 2.43. The van der Waals surface area contributed by atoms with Crippen LogP contribution in [-0.2, 0) is 10.2 Å². The summed E-state index contributed by atoms with van der Waals surface area (Å²) in [5, 5.41) is 9.30. The number of carboxylic acid groups (broad SMARTS) is 1. The Bertz CT molecular complexity index is 360. The minimum atomic E-state index is -0.803. The molecule has 0 atom stereocenters. The lowest BCUT2D eigenvalue weighted by Gasteiger charge is -2.10. The molecular weight excluding hydrogens is 190 g/mol. The molecule has 1 aliphatic rings. The topological polar surface area (TPSA) is 50.2 Å². The second-order valence-corrected chi connectivity index (χ2v) is 3.59. The molecule has 2 rings (SSSR count). The molecule has 1 saturated carbocycles. The Morgan fingerprint density at radius 2 is 2.31 bits per heavy atom. The molecule has 0 saturated heterocycles. The summed E-state index contributed by atoms with van der Waals surface area (Å²) in [6.45, 7) is 0. The van der Waals surface area contributed by atoms with Gasteiger partial charge in [-0.05, 0) is 18.9 Å². The van der Waals surface area contributed by atoms with Crippen molar-refractivity contribution in [1.82, 2.24) is 4.98 Å². The summed E-state index contributed by atoms with van der Waals surface area (Å²) in [4.78, 5) is 14.8. The van der Waals surface area contributed by atoms with E-state index in [1.807, 2.05) is 0 Å². The summed E-state index contributed by atoms with van der Waals surface area (Å²) >= 11 is 5.82. The average molecular weight is 198 g/mol. The fourth-order valence-corrected chi connectivity index (χ4v) is 1.77. The number of hydrogen-bond donors (Lipinski definition) is 1. The molecule has 1 fully saturated rings. The van der Waals surface area contributed by atoms with Crippen molar-refractivity contribution in [2.24, 2.45) is 0 Å². The minimum absolute atomic E-state index is 0.308. The second-order valence-electron chi connectivity index (χ2n) is 3.23. The number of carbonyl (C=O) groups is 1. The first-order valence-corrected chi connectivity index (χ1v) is 4.39. The normalized spacial score (nSPS) is 18.2. The van der Waals surface area contributed by atoms with Gasteiger partial charge in [0.1, 0.15) is 5.15 Å². The van der Waals surface area contributed by atoms with Gasteiger partial charge in [-0.2, -0.15) is 0 Å². The van der Waals surface area contributed by atoms with Gasteiger partial charge < -0.3 is 5.11 Å². The number of hydrogen-bond acceptors (Lipinski definition) is 2. The third kappa shape index (κ3) is 1.20. The molecule has 1 heterocycles. The molecule has 4 heteroatoms. The Labute approximate surface area is 80.4 Å². The van der Waals surface area contributed by atoms with Crippen molar-refractivity contribution < 1.29 is 9.90 Å². The molecule has 68 valence electrons. The Morgan fingerprint density at radius 3 is 2.77 bits per heavy atom. The van der Waals surface area contributed by atoms with E-state index in [0.29, 0.717) is 23.6 Å². The first-order valence-electron chi connectivity index (χ1n) is 4.01. The van der Waals surface area contributed by atoms with Crippen LogP contribution in [0.15, 0.2) is 18.3 Å². The van der Waals surface area contributed by atoms with Crippen LogP contribution in [0, 0.1) is 0 Å². The number of aliphatic carboxylic acids is 1. The second kappa shape index (κ2) is 2.70.